The summed E-state index contributed by atoms with van der Waals surface area (Å²) in [5.74, 6) is -1.19. The van der Waals surface area contributed by atoms with Crippen LogP contribution in [-0.2, 0) is 20.6 Å². The lowest BCUT2D eigenvalue weighted by Crippen LogP contribution is -2.46. The van der Waals surface area contributed by atoms with Crippen LogP contribution in [0.15, 0.2) is 60.7 Å². The van der Waals surface area contributed by atoms with Crippen molar-refractivity contribution in [1.82, 2.24) is 15.4 Å². The molecular weight excluding hydrogens is 474 g/mol. The fourth-order valence-corrected chi connectivity index (χ4v) is 5.86. The van der Waals surface area contributed by atoms with Crippen LogP contribution in [0.2, 0.25) is 0 Å². The molecule has 2 atom stereocenters. The van der Waals surface area contributed by atoms with Crippen LogP contribution < -0.4 is 15.4 Å². The Labute approximate surface area is 212 Å². The minimum absolute atomic E-state index is 0.248. The lowest BCUT2D eigenvalue weighted by molar-refractivity contribution is -0.121. The molecule has 8 heteroatoms. The van der Waals surface area contributed by atoms with Gasteiger partial charge in [0.05, 0.1) is 17.8 Å². The number of carbonyl (C=O) groups is 2. The van der Waals surface area contributed by atoms with Gasteiger partial charge in [-0.15, -0.1) is 0 Å². The molecule has 3 N–H and O–H groups in total. The van der Waals surface area contributed by atoms with E-state index in [1.165, 1.54) is 0 Å². The van der Waals surface area contributed by atoms with Crippen LogP contribution in [-0.4, -0.2) is 32.8 Å². The molecule has 3 aromatic carbocycles. The van der Waals surface area contributed by atoms with Gasteiger partial charge in [0.25, 0.3) is 11.8 Å². The van der Waals surface area contributed by atoms with Crippen molar-refractivity contribution in [2.24, 2.45) is 0 Å². The van der Waals surface area contributed by atoms with Crippen LogP contribution in [0, 0.1) is 6.92 Å². The second kappa shape index (κ2) is 11.2. The summed E-state index contributed by atoms with van der Waals surface area (Å²) < 4.78 is 27.7. The number of amides is 2. The highest BCUT2D eigenvalue weighted by Gasteiger charge is 2.25. The van der Waals surface area contributed by atoms with Crippen molar-refractivity contribution in [1.29, 1.82) is 0 Å². The van der Waals surface area contributed by atoms with Gasteiger partial charge in [0.15, 0.2) is 0 Å². The molecule has 3 aromatic rings. The van der Waals surface area contributed by atoms with Crippen LogP contribution in [0.5, 0.6) is 0 Å². The third kappa shape index (κ3) is 6.30. The molecule has 0 radical (unpaired) electrons. The Kier molecular flexibility index (Phi) is 8.06. The number of nitrogens with one attached hydrogen (secondary N) is 3. The molecule has 190 valence electrons. The summed E-state index contributed by atoms with van der Waals surface area (Å²) in [5, 5.41) is 8.33. The summed E-state index contributed by atoms with van der Waals surface area (Å²) in [6, 6.07) is 18.3. The van der Waals surface area contributed by atoms with E-state index in [1.54, 1.807) is 18.2 Å². The fraction of sp³-hybridized carbons (Fsp3) is 0.357. The minimum Gasteiger partial charge on any atom is -0.345 e. The van der Waals surface area contributed by atoms with E-state index in [4.69, 9.17) is 0 Å². The maximum absolute atomic E-state index is 13.2. The van der Waals surface area contributed by atoms with Crippen molar-refractivity contribution in [2.45, 2.75) is 57.4 Å². The second-order valence-electron chi connectivity index (χ2n) is 9.49. The normalized spacial score (nSPS) is 17.2. The monoisotopic (exact) mass is 507 g/mol. The van der Waals surface area contributed by atoms with Crippen molar-refractivity contribution < 1.29 is 18.0 Å². The van der Waals surface area contributed by atoms with Crippen molar-refractivity contribution in [3.8, 4) is 0 Å². The molecule has 1 fully saturated rings. The molecule has 7 nitrogen and oxygen atoms in total. The molecule has 0 aromatic heterocycles. The first kappa shape index (κ1) is 25.9. The van der Waals surface area contributed by atoms with Crippen molar-refractivity contribution in [3.63, 3.8) is 0 Å². The highest BCUT2D eigenvalue weighted by atomic mass is 32.2. The minimum atomic E-state index is -3.91. The van der Waals surface area contributed by atoms with Crippen LogP contribution in [0.3, 0.4) is 0 Å². The van der Waals surface area contributed by atoms with Gasteiger partial charge in [-0.3, -0.25) is 14.3 Å². The average molecular weight is 508 g/mol. The van der Waals surface area contributed by atoms with Crippen molar-refractivity contribution >= 4 is 32.6 Å². The Morgan fingerprint density at radius 1 is 1.03 bits per heavy atom. The number of rotatable bonds is 7. The highest BCUT2D eigenvalue weighted by Crippen LogP contribution is 2.25. The first-order valence-electron chi connectivity index (χ1n) is 12.4. The maximum atomic E-state index is 13.2. The van der Waals surface area contributed by atoms with E-state index in [0.29, 0.717) is 24.1 Å². The molecule has 4 rings (SSSR count). The van der Waals surface area contributed by atoms with Gasteiger partial charge in [-0.25, -0.2) is 8.42 Å². The Morgan fingerprint density at radius 3 is 2.64 bits per heavy atom. The Morgan fingerprint density at radius 2 is 1.81 bits per heavy atom. The summed E-state index contributed by atoms with van der Waals surface area (Å²) in [5.41, 5.74) is 2.60. The molecule has 0 spiro atoms. The fourth-order valence-electron chi connectivity index (χ4n) is 4.72. The molecule has 0 aliphatic carbocycles. The number of benzene rings is 3. The van der Waals surface area contributed by atoms with Gasteiger partial charge < -0.3 is 10.6 Å². The average Bonchev–Trinajstić information content (AvgIpc) is 3.14. The van der Waals surface area contributed by atoms with Gasteiger partial charge >= 0.3 is 0 Å². The Balaban J connectivity index is 1.46. The molecular formula is C28H33N3O4S. The third-order valence-electron chi connectivity index (χ3n) is 6.67. The van der Waals surface area contributed by atoms with Gasteiger partial charge in [-0.05, 0) is 66.8 Å². The lowest BCUT2D eigenvalue weighted by Gasteiger charge is -2.18. The Bertz CT molecular complexity index is 1360. The largest absolute Gasteiger partial charge is 0.345 e. The standard InChI is InChI=1S/C28H33N3O4S/c1-19-14-15-21(18-36(34,35)31-28(33)26-13-4-3-7-16-29-26)17-25(19)27(32)30-20(2)23-12-8-10-22-9-5-6-11-24(22)23/h5-6,8-12,14-15,17,20,26,29H,3-4,7,13,16,18H2,1-2H3,(H,30,32)(H,31,33)/t20-,26?/m1/s1. The molecule has 1 heterocycles. The summed E-state index contributed by atoms with van der Waals surface area (Å²) >= 11 is 0. The second-order valence-corrected chi connectivity index (χ2v) is 11.2. The first-order valence-corrected chi connectivity index (χ1v) is 14.0. The summed E-state index contributed by atoms with van der Waals surface area (Å²) in [6.07, 6.45) is 3.50. The van der Waals surface area contributed by atoms with E-state index >= 15 is 0 Å². The molecule has 0 bridgehead atoms. The number of fused-ring (bicyclic) bond motifs is 1. The zero-order chi connectivity index (χ0) is 25.7. The predicted molar refractivity (Wildman–Crippen MR) is 142 cm³/mol. The number of aryl methyl sites for hydroxylation is 1. The van der Waals surface area contributed by atoms with E-state index in [1.807, 2.05) is 56.3 Å². The number of hydrogen-bond acceptors (Lipinski definition) is 5. The molecule has 1 aliphatic heterocycles. The smallest absolute Gasteiger partial charge is 0.252 e. The predicted octanol–water partition coefficient (Wildman–Crippen LogP) is 4.12. The maximum Gasteiger partial charge on any atom is 0.252 e. The first-order chi connectivity index (χ1) is 17.2. The van der Waals surface area contributed by atoms with Gasteiger partial charge in [0.1, 0.15) is 0 Å². The van der Waals surface area contributed by atoms with Gasteiger partial charge in [0, 0.05) is 5.56 Å². The molecule has 1 saturated heterocycles. The Hall–Kier alpha value is -3.23. The van der Waals surface area contributed by atoms with Crippen LogP contribution >= 0.6 is 0 Å². The van der Waals surface area contributed by atoms with Crippen LogP contribution in [0.1, 0.15) is 65.7 Å². The van der Waals surface area contributed by atoms with Crippen LogP contribution in [0.4, 0.5) is 0 Å². The van der Waals surface area contributed by atoms with Crippen LogP contribution in [0.25, 0.3) is 10.8 Å². The third-order valence-corrected chi connectivity index (χ3v) is 7.90. The molecule has 2 amide bonds. The molecule has 0 saturated carbocycles. The SMILES string of the molecule is Cc1ccc(CS(=O)(=O)NC(=O)C2CCCCCN2)cc1C(=O)N[C@H](C)c1cccc2ccccc12. The van der Waals surface area contributed by atoms with Gasteiger partial charge in [-0.1, -0.05) is 67.4 Å². The lowest BCUT2D eigenvalue weighted by atomic mass is 9.99. The molecule has 1 unspecified atom stereocenters. The van der Waals surface area contributed by atoms with Gasteiger partial charge in [0.2, 0.25) is 10.0 Å². The van der Waals surface area contributed by atoms with Crippen molar-refractivity contribution in [2.75, 3.05) is 6.54 Å². The van der Waals surface area contributed by atoms with E-state index < -0.39 is 22.0 Å². The number of carbonyl (C=O) groups excluding carboxylic acids is 2. The summed E-state index contributed by atoms with van der Waals surface area (Å²) in [4.78, 5) is 25.7. The van der Waals surface area contributed by atoms with E-state index in [-0.39, 0.29) is 17.7 Å². The van der Waals surface area contributed by atoms with E-state index in [2.05, 4.69) is 15.4 Å². The zero-order valence-electron chi connectivity index (χ0n) is 20.7. The highest BCUT2D eigenvalue weighted by molar-refractivity contribution is 7.89. The molecule has 36 heavy (non-hydrogen) atoms. The topological polar surface area (TPSA) is 104 Å². The molecule has 1 aliphatic rings. The van der Waals surface area contributed by atoms with E-state index in [9.17, 15) is 18.0 Å². The van der Waals surface area contributed by atoms with Crippen molar-refractivity contribution in [3.05, 3.63) is 82.9 Å². The summed E-state index contributed by atoms with van der Waals surface area (Å²) in [6.45, 7) is 4.45. The number of sulfonamides is 1. The quantitative estimate of drug-likeness (QED) is 0.446. The van der Waals surface area contributed by atoms with Gasteiger partial charge in [-0.2, -0.15) is 0 Å². The van der Waals surface area contributed by atoms with E-state index in [0.717, 1.165) is 41.2 Å². The number of hydrogen-bond donors (Lipinski definition) is 3. The summed E-state index contributed by atoms with van der Waals surface area (Å²) in [7, 11) is -3.91. The zero-order valence-corrected chi connectivity index (χ0v) is 21.5.